The van der Waals surface area contributed by atoms with Crippen molar-refractivity contribution in [3.8, 4) is 28.7 Å². The number of hydrogen-bond donors (Lipinski definition) is 2. The van der Waals surface area contributed by atoms with Crippen molar-refractivity contribution in [3.05, 3.63) is 94.3 Å². The van der Waals surface area contributed by atoms with Crippen LogP contribution in [0.5, 0.6) is 11.6 Å². The average molecular weight is 443 g/mol. The maximum Gasteiger partial charge on any atom is 0.254 e. The summed E-state index contributed by atoms with van der Waals surface area (Å²) in [6.45, 7) is 1.74. The Hall–Kier alpha value is -4.53. The zero-order valence-corrected chi connectivity index (χ0v) is 17.5. The first-order valence-corrected chi connectivity index (χ1v) is 10.1. The Labute approximate surface area is 187 Å². The van der Waals surface area contributed by atoms with E-state index in [9.17, 15) is 14.3 Å². The van der Waals surface area contributed by atoms with Gasteiger partial charge in [0, 0.05) is 11.8 Å². The third-order valence-electron chi connectivity index (χ3n) is 5.14. The summed E-state index contributed by atoms with van der Waals surface area (Å²) in [7, 11) is 0. The number of nitrogens with one attached hydrogen (secondary N) is 1. The van der Waals surface area contributed by atoms with Crippen LogP contribution in [0.2, 0.25) is 0 Å². The number of pyridine rings is 1. The molecule has 0 amide bonds. The van der Waals surface area contributed by atoms with Crippen molar-refractivity contribution in [2.45, 2.75) is 13.5 Å². The minimum Gasteiger partial charge on any atom is -0.493 e. The number of para-hydroxylation sites is 1. The molecule has 9 heteroatoms. The van der Waals surface area contributed by atoms with Gasteiger partial charge in [-0.1, -0.05) is 36.4 Å². The minimum atomic E-state index is -0.533. The van der Waals surface area contributed by atoms with E-state index in [4.69, 9.17) is 4.74 Å². The molecule has 0 atom stereocenters. The van der Waals surface area contributed by atoms with Crippen LogP contribution in [0, 0.1) is 12.7 Å². The summed E-state index contributed by atoms with van der Waals surface area (Å²) < 4.78 is 22.0. The van der Waals surface area contributed by atoms with E-state index in [0.717, 1.165) is 11.8 Å². The summed E-state index contributed by atoms with van der Waals surface area (Å²) in [5.41, 5.74) is 2.11. The van der Waals surface area contributed by atoms with Crippen LogP contribution in [0.4, 0.5) is 4.39 Å². The number of aromatic hydroxyl groups is 1. The van der Waals surface area contributed by atoms with Gasteiger partial charge >= 0.3 is 0 Å². The van der Waals surface area contributed by atoms with Crippen LogP contribution in [-0.4, -0.2) is 29.8 Å². The van der Waals surface area contributed by atoms with Crippen LogP contribution >= 0.6 is 0 Å². The first kappa shape index (κ1) is 20.4. The number of aryl methyl sites for hydroxylation is 1. The number of H-pyrrole nitrogens is 1. The van der Waals surface area contributed by atoms with Crippen LogP contribution in [0.25, 0.3) is 28.1 Å². The molecule has 0 unspecified atom stereocenters. The van der Waals surface area contributed by atoms with E-state index < -0.39 is 17.3 Å². The molecule has 5 rings (SSSR count). The molecule has 0 aliphatic rings. The molecule has 8 nitrogen and oxygen atoms in total. The Morgan fingerprint density at radius 1 is 1.12 bits per heavy atom. The molecular formula is C24H18FN5O3. The molecule has 33 heavy (non-hydrogen) atoms. The molecule has 0 aliphatic carbocycles. The molecule has 2 N–H and O–H groups in total. The van der Waals surface area contributed by atoms with Crippen molar-refractivity contribution in [2.75, 3.05) is 0 Å². The van der Waals surface area contributed by atoms with E-state index in [0.29, 0.717) is 33.6 Å². The highest BCUT2D eigenvalue weighted by Crippen LogP contribution is 2.37. The second kappa shape index (κ2) is 8.19. The number of rotatable bonds is 5. The number of halogens is 1. The molecule has 0 fully saturated rings. The van der Waals surface area contributed by atoms with Gasteiger partial charge in [-0.3, -0.25) is 4.79 Å². The lowest BCUT2D eigenvalue weighted by Crippen LogP contribution is -2.08. The number of benzene rings is 2. The average Bonchev–Trinajstić information content (AvgIpc) is 3.15. The summed E-state index contributed by atoms with van der Waals surface area (Å²) in [5.74, 6) is -0.447. The molecule has 0 aliphatic heterocycles. The van der Waals surface area contributed by atoms with Gasteiger partial charge in [0.05, 0.1) is 28.4 Å². The predicted octanol–water partition coefficient (Wildman–Crippen LogP) is 3.90. The first-order chi connectivity index (χ1) is 16.0. The van der Waals surface area contributed by atoms with Crippen molar-refractivity contribution in [3.63, 3.8) is 0 Å². The summed E-state index contributed by atoms with van der Waals surface area (Å²) in [6.07, 6.45) is 1.48. The lowest BCUT2D eigenvalue weighted by molar-refractivity contribution is 0.304. The Morgan fingerprint density at radius 3 is 2.64 bits per heavy atom. The van der Waals surface area contributed by atoms with Crippen LogP contribution < -0.4 is 10.3 Å². The Kier molecular flexibility index (Phi) is 5.06. The smallest absolute Gasteiger partial charge is 0.254 e. The van der Waals surface area contributed by atoms with Gasteiger partial charge in [-0.25, -0.2) is 14.1 Å². The predicted molar refractivity (Wildman–Crippen MR) is 120 cm³/mol. The molecule has 5 aromatic rings. The lowest BCUT2D eigenvalue weighted by atomic mass is 10.1. The van der Waals surface area contributed by atoms with E-state index in [1.807, 2.05) is 37.3 Å². The number of aromatic amines is 1. The van der Waals surface area contributed by atoms with E-state index in [2.05, 4.69) is 20.1 Å². The number of hydrogen-bond acceptors (Lipinski definition) is 6. The zero-order valence-electron chi connectivity index (χ0n) is 17.5. The lowest BCUT2D eigenvalue weighted by Gasteiger charge is -2.13. The Bertz CT molecular complexity index is 1530. The van der Waals surface area contributed by atoms with Crippen LogP contribution in [0.3, 0.4) is 0 Å². The van der Waals surface area contributed by atoms with Crippen molar-refractivity contribution < 1.29 is 14.2 Å². The number of nitrogens with zero attached hydrogens (tertiary/aromatic N) is 4. The molecule has 0 bridgehead atoms. The Morgan fingerprint density at radius 2 is 1.88 bits per heavy atom. The summed E-state index contributed by atoms with van der Waals surface area (Å²) in [4.78, 5) is 23.1. The van der Waals surface area contributed by atoms with Gasteiger partial charge in [-0.15, -0.1) is 0 Å². The van der Waals surface area contributed by atoms with Gasteiger partial charge < -0.3 is 14.8 Å². The quantitative estimate of drug-likeness (QED) is 0.427. The molecular weight excluding hydrogens is 425 g/mol. The minimum absolute atomic E-state index is 0.0716. The van der Waals surface area contributed by atoms with E-state index in [1.165, 1.54) is 12.3 Å². The standard InChI is InChI=1S/C24H18FN5O3/c1-14-21-22(33-13-15-7-5-6-10-18(15)25)17(23-27-19(31)11-20(32)28-23)12-26-24(21)30(29-14)16-8-3-2-4-9-16/h2-12H,13H2,1H3,(H2,27,28,31,32). The van der Waals surface area contributed by atoms with Crippen LogP contribution in [-0.2, 0) is 6.61 Å². The molecule has 2 aromatic carbocycles. The van der Waals surface area contributed by atoms with Crippen LogP contribution in [0.15, 0.2) is 71.7 Å². The fourth-order valence-corrected chi connectivity index (χ4v) is 3.62. The first-order valence-electron chi connectivity index (χ1n) is 10.1. The van der Waals surface area contributed by atoms with Crippen molar-refractivity contribution in [1.29, 1.82) is 0 Å². The summed E-state index contributed by atoms with van der Waals surface area (Å²) in [6, 6.07) is 16.8. The maximum atomic E-state index is 14.2. The monoisotopic (exact) mass is 443 g/mol. The summed E-state index contributed by atoms with van der Waals surface area (Å²) in [5, 5.41) is 15.1. The van der Waals surface area contributed by atoms with Gasteiger partial charge in [-0.2, -0.15) is 10.1 Å². The van der Waals surface area contributed by atoms with Crippen molar-refractivity contribution in [1.82, 2.24) is 24.7 Å². The molecule has 3 aromatic heterocycles. The van der Waals surface area contributed by atoms with Crippen LogP contribution in [0.1, 0.15) is 11.3 Å². The highest BCUT2D eigenvalue weighted by molar-refractivity contribution is 5.92. The fraction of sp³-hybridized carbons (Fsp3) is 0.0833. The highest BCUT2D eigenvalue weighted by atomic mass is 19.1. The number of ether oxygens (including phenoxy) is 1. The third kappa shape index (κ3) is 3.80. The SMILES string of the molecule is Cc1nn(-c2ccccc2)c2ncc(-c3nc(O)cc(=O)[nH]3)c(OCc3ccccc3F)c12. The fourth-order valence-electron chi connectivity index (χ4n) is 3.62. The van der Waals surface area contributed by atoms with Gasteiger partial charge in [0.2, 0.25) is 5.88 Å². The van der Waals surface area contributed by atoms with Gasteiger partial charge in [0.25, 0.3) is 5.56 Å². The van der Waals surface area contributed by atoms with Gasteiger partial charge in [0.15, 0.2) is 5.65 Å². The van der Waals surface area contributed by atoms with E-state index in [1.54, 1.807) is 22.9 Å². The Balaban J connectivity index is 1.72. The van der Waals surface area contributed by atoms with Crippen molar-refractivity contribution in [2.24, 2.45) is 0 Å². The van der Waals surface area contributed by atoms with Gasteiger partial charge in [0.1, 0.15) is 24.0 Å². The van der Waals surface area contributed by atoms with E-state index >= 15 is 0 Å². The topological polar surface area (TPSA) is 106 Å². The number of aromatic nitrogens is 5. The van der Waals surface area contributed by atoms with Gasteiger partial charge in [-0.05, 0) is 25.1 Å². The molecule has 3 heterocycles. The normalized spacial score (nSPS) is 11.1. The second-order valence-corrected chi connectivity index (χ2v) is 7.36. The second-order valence-electron chi connectivity index (χ2n) is 7.36. The van der Waals surface area contributed by atoms with Crippen molar-refractivity contribution >= 4 is 11.0 Å². The molecule has 0 spiro atoms. The third-order valence-corrected chi connectivity index (χ3v) is 5.14. The largest absolute Gasteiger partial charge is 0.493 e. The van der Waals surface area contributed by atoms with E-state index in [-0.39, 0.29) is 12.4 Å². The summed E-state index contributed by atoms with van der Waals surface area (Å²) >= 11 is 0. The highest BCUT2D eigenvalue weighted by Gasteiger charge is 2.22. The zero-order chi connectivity index (χ0) is 22.9. The maximum absolute atomic E-state index is 14.2. The molecule has 0 radical (unpaired) electrons. The molecule has 164 valence electrons. The molecule has 0 saturated heterocycles. The molecule has 0 saturated carbocycles. The number of fused-ring (bicyclic) bond motifs is 1.